The average Bonchev–Trinajstić information content (AvgIpc) is 2.41. The van der Waals surface area contributed by atoms with Crippen LogP contribution in [-0.4, -0.2) is 16.5 Å². The molecule has 0 atom stereocenters. The van der Waals surface area contributed by atoms with Crippen molar-refractivity contribution in [3.05, 3.63) is 41.2 Å². The first-order valence-electron chi connectivity index (χ1n) is 6.76. The summed E-state index contributed by atoms with van der Waals surface area (Å²) in [6.07, 6.45) is 4.56. The fourth-order valence-corrected chi connectivity index (χ4v) is 2.12. The van der Waals surface area contributed by atoms with E-state index in [4.69, 9.17) is 0 Å². The van der Waals surface area contributed by atoms with Crippen molar-refractivity contribution in [2.24, 2.45) is 0 Å². The predicted molar refractivity (Wildman–Crippen MR) is 80.5 cm³/mol. The molecule has 0 bridgehead atoms. The summed E-state index contributed by atoms with van der Waals surface area (Å²) in [6.45, 7) is 9.45. The molecule has 0 fully saturated rings. The average molecular weight is 255 g/mol. The smallest absolute Gasteiger partial charge is 0.152 e. The summed E-state index contributed by atoms with van der Waals surface area (Å²) in [4.78, 5) is 8.92. The second-order valence-corrected chi connectivity index (χ2v) is 4.93. The Morgan fingerprint density at radius 2 is 1.63 bits per heavy atom. The minimum Gasteiger partial charge on any atom is -0.368 e. The Kier molecular flexibility index (Phi) is 4.15. The molecule has 19 heavy (non-hydrogen) atoms. The van der Waals surface area contributed by atoms with Crippen molar-refractivity contribution in [1.29, 1.82) is 0 Å². The summed E-state index contributed by atoms with van der Waals surface area (Å²) < 4.78 is 0. The minimum absolute atomic E-state index is 0.871. The lowest BCUT2D eigenvalue weighted by molar-refractivity contribution is 0.965. The molecule has 3 nitrogen and oxygen atoms in total. The highest BCUT2D eigenvalue weighted by atomic mass is 15.0. The summed E-state index contributed by atoms with van der Waals surface area (Å²) in [6, 6.07) is 4.41. The summed E-state index contributed by atoms with van der Waals surface area (Å²) in [5.74, 6) is 0.871. The number of hydrogen-bond donors (Lipinski definition) is 1. The van der Waals surface area contributed by atoms with Crippen molar-refractivity contribution in [3.8, 4) is 11.3 Å². The summed E-state index contributed by atoms with van der Waals surface area (Å²) in [5.41, 5.74) is 5.94. The van der Waals surface area contributed by atoms with Gasteiger partial charge in [0.2, 0.25) is 0 Å². The molecule has 0 saturated heterocycles. The molecule has 0 spiro atoms. The molecule has 0 aliphatic carbocycles. The van der Waals surface area contributed by atoms with Crippen LogP contribution >= 0.6 is 0 Å². The van der Waals surface area contributed by atoms with Crippen molar-refractivity contribution >= 4 is 5.82 Å². The van der Waals surface area contributed by atoms with Gasteiger partial charge in [-0.05, 0) is 49.9 Å². The summed E-state index contributed by atoms with van der Waals surface area (Å²) >= 11 is 0. The molecular weight excluding hydrogens is 234 g/mol. The van der Waals surface area contributed by atoms with Gasteiger partial charge in [-0.3, -0.25) is 4.98 Å². The Balaban J connectivity index is 2.49. The lowest BCUT2D eigenvalue weighted by Gasteiger charge is -2.13. The topological polar surface area (TPSA) is 37.8 Å². The third-order valence-corrected chi connectivity index (χ3v) is 3.34. The maximum atomic E-state index is 4.51. The van der Waals surface area contributed by atoms with Crippen molar-refractivity contribution in [1.82, 2.24) is 9.97 Å². The molecule has 2 rings (SSSR count). The zero-order valence-electron chi connectivity index (χ0n) is 12.1. The van der Waals surface area contributed by atoms with Crippen LogP contribution in [0.3, 0.4) is 0 Å². The van der Waals surface area contributed by atoms with Crippen LogP contribution in [0.15, 0.2) is 24.5 Å². The summed E-state index contributed by atoms with van der Waals surface area (Å²) in [7, 11) is 0. The first kappa shape index (κ1) is 13.5. The normalized spacial score (nSPS) is 10.5. The van der Waals surface area contributed by atoms with E-state index in [0.29, 0.717) is 0 Å². The molecule has 0 radical (unpaired) electrons. The molecule has 0 aliphatic heterocycles. The van der Waals surface area contributed by atoms with Gasteiger partial charge in [0, 0.05) is 24.5 Å². The first-order chi connectivity index (χ1) is 9.13. The lowest BCUT2D eigenvalue weighted by Crippen LogP contribution is -2.05. The molecule has 3 heteroatoms. The highest BCUT2D eigenvalue weighted by molar-refractivity contribution is 5.74. The highest BCUT2D eigenvalue weighted by Crippen LogP contribution is 2.28. The maximum absolute atomic E-state index is 4.51. The van der Waals surface area contributed by atoms with Gasteiger partial charge in [0.25, 0.3) is 0 Å². The van der Waals surface area contributed by atoms with Gasteiger partial charge < -0.3 is 5.32 Å². The molecular formula is C16H21N3. The van der Waals surface area contributed by atoms with Crippen LogP contribution in [0, 0.1) is 20.8 Å². The van der Waals surface area contributed by atoms with Gasteiger partial charge in [-0.1, -0.05) is 13.0 Å². The maximum Gasteiger partial charge on any atom is 0.152 e. The Labute approximate surface area is 115 Å². The third-order valence-electron chi connectivity index (χ3n) is 3.34. The molecule has 1 aromatic heterocycles. The Bertz CT molecular complexity index is 576. The van der Waals surface area contributed by atoms with E-state index < -0.39 is 0 Å². The van der Waals surface area contributed by atoms with E-state index in [1.54, 1.807) is 12.4 Å². The largest absolute Gasteiger partial charge is 0.368 e. The van der Waals surface area contributed by atoms with Gasteiger partial charge in [-0.25, -0.2) is 4.98 Å². The second kappa shape index (κ2) is 5.83. The van der Waals surface area contributed by atoms with E-state index in [1.165, 1.54) is 16.7 Å². The van der Waals surface area contributed by atoms with Crippen LogP contribution in [0.4, 0.5) is 5.82 Å². The van der Waals surface area contributed by atoms with Crippen LogP contribution in [-0.2, 0) is 0 Å². The number of benzene rings is 1. The molecule has 2 aromatic rings. The van der Waals surface area contributed by atoms with Gasteiger partial charge in [0.05, 0.1) is 0 Å². The summed E-state index contributed by atoms with van der Waals surface area (Å²) in [5, 5.41) is 3.35. The highest BCUT2D eigenvalue weighted by Gasteiger charge is 2.11. The van der Waals surface area contributed by atoms with E-state index in [2.05, 4.69) is 55.1 Å². The van der Waals surface area contributed by atoms with E-state index in [1.807, 2.05) is 0 Å². The van der Waals surface area contributed by atoms with Crippen molar-refractivity contribution in [3.63, 3.8) is 0 Å². The number of nitrogens with zero attached hydrogens (tertiary/aromatic N) is 2. The fourth-order valence-electron chi connectivity index (χ4n) is 2.12. The predicted octanol–water partition coefficient (Wildman–Crippen LogP) is 3.89. The minimum atomic E-state index is 0.871. The first-order valence-corrected chi connectivity index (χ1v) is 6.76. The molecule has 1 aromatic carbocycles. The van der Waals surface area contributed by atoms with Crippen molar-refractivity contribution in [2.45, 2.75) is 34.1 Å². The zero-order valence-corrected chi connectivity index (χ0v) is 12.1. The zero-order chi connectivity index (χ0) is 13.8. The molecule has 1 N–H and O–H groups in total. The Morgan fingerprint density at radius 1 is 0.947 bits per heavy atom. The molecule has 0 amide bonds. The fraction of sp³-hybridized carbons (Fsp3) is 0.375. The monoisotopic (exact) mass is 255 g/mol. The van der Waals surface area contributed by atoms with Crippen LogP contribution in [0.25, 0.3) is 11.3 Å². The van der Waals surface area contributed by atoms with Crippen LogP contribution < -0.4 is 5.32 Å². The Hall–Kier alpha value is -1.90. The molecule has 0 saturated carbocycles. The number of aryl methyl sites for hydroxylation is 3. The number of aromatic nitrogens is 2. The molecule has 1 heterocycles. The Morgan fingerprint density at radius 3 is 2.37 bits per heavy atom. The van der Waals surface area contributed by atoms with Gasteiger partial charge in [-0.15, -0.1) is 0 Å². The number of rotatable bonds is 4. The number of anilines is 1. The van der Waals surface area contributed by atoms with Crippen LogP contribution in [0.5, 0.6) is 0 Å². The number of nitrogens with one attached hydrogen (secondary N) is 1. The quantitative estimate of drug-likeness (QED) is 0.900. The van der Waals surface area contributed by atoms with Crippen molar-refractivity contribution in [2.75, 3.05) is 11.9 Å². The number of hydrogen-bond acceptors (Lipinski definition) is 3. The van der Waals surface area contributed by atoms with Gasteiger partial charge in [-0.2, -0.15) is 0 Å². The van der Waals surface area contributed by atoms with Gasteiger partial charge >= 0.3 is 0 Å². The van der Waals surface area contributed by atoms with Crippen LogP contribution in [0.1, 0.15) is 30.0 Å². The van der Waals surface area contributed by atoms with Crippen LogP contribution in [0.2, 0.25) is 0 Å². The van der Waals surface area contributed by atoms with Gasteiger partial charge in [0.1, 0.15) is 5.69 Å². The van der Waals surface area contributed by atoms with E-state index in [9.17, 15) is 0 Å². The van der Waals surface area contributed by atoms with E-state index in [0.717, 1.165) is 30.0 Å². The van der Waals surface area contributed by atoms with Gasteiger partial charge in [0.15, 0.2) is 5.82 Å². The van der Waals surface area contributed by atoms with E-state index >= 15 is 0 Å². The SMILES string of the molecule is CCCNc1nccnc1-c1cc(C)c(C)cc1C. The standard InChI is InChI=1S/C16H21N3/c1-5-6-18-16-15(17-7-8-19-16)14-10-12(3)11(2)9-13(14)4/h7-10H,5-6H2,1-4H3,(H,18,19). The lowest BCUT2D eigenvalue weighted by atomic mass is 9.98. The molecule has 100 valence electrons. The molecule has 0 aliphatic rings. The van der Waals surface area contributed by atoms with Crippen molar-refractivity contribution < 1.29 is 0 Å². The second-order valence-electron chi connectivity index (χ2n) is 4.93. The van der Waals surface area contributed by atoms with E-state index in [-0.39, 0.29) is 0 Å². The third kappa shape index (κ3) is 2.92. The molecule has 0 unspecified atom stereocenters.